The Labute approximate surface area is 125 Å². The monoisotopic (exact) mass is 281 g/mol. The number of esters is 1. The Bertz CT molecular complexity index is 635. The summed E-state index contributed by atoms with van der Waals surface area (Å²) in [7, 11) is 1.36. The van der Waals surface area contributed by atoms with E-state index >= 15 is 0 Å². The molecule has 0 spiro atoms. The van der Waals surface area contributed by atoms with Gasteiger partial charge in [0.05, 0.1) is 18.7 Å². The van der Waals surface area contributed by atoms with Crippen LogP contribution >= 0.6 is 0 Å². The zero-order chi connectivity index (χ0) is 15.2. The average Bonchev–Trinajstić information content (AvgIpc) is 2.53. The number of carbonyl (C=O) groups is 1. The van der Waals surface area contributed by atoms with Gasteiger partial charge in [0, 0.05) is 5.69 Å². The van der Waals surface area contributed by atoms with Gasteiger partial charge in [-0.05, 0) is 24.1 Å². The van der Waals surface area contributed by atoms with E-state index in [0.717, 1.165) is 16.8 Å². The predicted octanol–water partition coefficient (Wildman–Crippen LogP) is 3.88. The quantitative estimate of drug-likeness (QED) is 0.667. The molecule has 0 amide bonds. The lowest BCUT2D eigenvalue weighted by atomic mass is 9.99. The van der Waals surface area contributed by atoms with Gasteiger partial charge >= 0.3 is 5.97 Å². The fourth-order valence-corrected chi connectivity index (χ4v) is 2.16. The predicted molar refractivity (Wildman–Crippen MR) is 85.1 cm³/mol. The first-order valence-corrected chi connectivity index (χ1v) is 6.77. The number of methoxy groups -OCH3 is 1. The van der Waals surface area contributed by atoms with Crippen LogP contribution in [0.1, 0.15) is 17.2 Å². The summed E-state index contributed by atoms with van der Waals surface area (Å²) < 4.78 is 4.80. The van der Waals surface area contributed by atoms with E-state index in [9.17, 15) is 4.79 Å². The molecule has 1 atom stereocenters. The average molecular weight is 281 g/mol. The normalized spacial score (nSPS) is 11.5. The number of aryl methyl sites for hydroxylation is 1. The number of nitrogens with one attached hydrogen (secondary N) is 1. The second kappa shape index (κ2) is 6.75. The maximum atomic E-state index is 11.8. The van der Waals surface area contributed by atoms with Gasteiger partial charge in [-0.25, -0.2) is 4.79 Å². The number of rotatable bonds is 5. The molecular weight excluding hydrogens is 262 g/mol. The number of ether oxygens (including phenoxy) is 1. The van der Waals surface area contributed by atoms with Crippen molar-refractivity contribution in [1.82, 2.24) is 0 Å². The second-order valence-corrected chi connectivity index (χ2v) is 4.82. The summed E-state index contributed by atoms with van der Waals surface area (Å²) >= 11 is 0. The van der Waals surface area contributed by atoms with Gasteiger partial charge in [0.2, 0.25) is 0 Å². The van der Waals surface area contributed by atoms with E-state index in [2.05, 4.69) is 11.9 Å². The minimum absolute atomic E-state index is 0.320. The van der Waals surface area contributed by atoms with Gasteiger partial charge in [0.15, 0.2) is 0 Å². The molecule has 21 heavy (non-hydrogen) atoms. The molecule has 3 heteroatoms. The molecule has 0 aromatic heterocycles. The molecule has 2 rings (SSSR count). The third kappa shape index (κ3) is 3.51. The topological polar surface area (TPSA) is 38.3 Å². The van der Waals surface area contributed by atoms with Crippen molar-refractivity contribution in [3.8, 4) is 0 Å². The fraction of sp³-hybridized carbons (Fsp3) is 0.167. The van der Waals surface area contributed by atoms with Gasteiger partial charge in [-0.3, -0.25) is 0 Å². The van der Waals surface area contributed by atoms with E-state index < -0.39 is 5.97 Å². The SMILES string of the molecule is C=C(C(=O)OC)C(Nc1ccccc1C)c1ccccc1. The first-order chi connectivity index (χ1) is 10.1. The van der Waals surface area contributed by atoms with Gasteiger partial charge in [-0.1, -0.05) is 55.1 Å². The summed E-state index contributed by atoms with van der Waals surface area (Å²) in [4.78, 5) is 11.8. The van der Waals surface area contributed by atoms with Gasteiger partial charge in [-0.15, -0.1) is 0 Å². The Kier molecular flexibility index (Phi) is 4.77. The van der Waals surface area contributed by atoms with Crippen LogP contribution in [0.5, 0.6) is 0 Å². The van der Waals surface area contributed by atoms with Crippen molar-refractivity contribution in [2.24, 2.45) is 0 Å². The molecule has 0 bridgehead atoms. The van der Waals surface area contributed by atoms with Crippen LogP contribution in [-0.4, -0.2) is 13.1 Å². The van der Waals surface area contributed by atoms with Crippen LogP contribution in [0.4, 0.5) is 5.69 Å². The van der Waals surface area contributed by atoms with Crippen LogP contribution in [0, 0.1) is 6.92 Å². The van der Waals surface area contributed by atoms with Crippen molar-refractivity contribution in [1.29, 1.82) is 0 Å². The number of benzene rings is 2. The van der Waals surface area contributed by atoms with Crippen molar-refractivity contribution in [3.63, 3.8) is 0 Å². The van der Waals surface area contributed by atoms with Crippen molar-refractivity contribution in [2.45, 2.75) is 13.0 Å². The molecule has 3 nitrogen and oxygen atoms in total. The Morgan fingerprint density at radius 3 is 2.33 bits per heavy atom. The Balaban J connectivity index is 2.35. The molecule has 0 saturated heterocycles. The second-order valence-electron chi connectivity index (χ2n) is 4.82. The number of hydrogen-bond acceptors (Lipinski definition) is 3. The number of hydrogen-bond donors (Lipinski definition) is 1. The van der Waals surface area contributed by atoms with Crippen LogP contribution in [0.3, 0.4) is 0 Å². The van der Waals surface area contributed by atoms with Gasteiger partial charge < -0.3 is 10.1 Å². The van der Waals surface area contributed by atoms with Crippen molar-refractivity contribution in [3.05, 3.63) is 77.9 Å². The largest absolute Gasteiger partial charge is 0.466 e. The third-order valence-electron chi connectivity index (χ3n) is 3.37. The van der Waals surface area contributed by atoms with Gasteiger partial charge in [0.1, 0.15) is 0 Å². The highest BCUT2D eigenvalue weighted by Crippen LogP contribution is 2.27. The van der Waals surface area contributed by atoms with Crippen molar-refractivity contribution >= 4 is 11.7 Å². The van der Waals surface area contributed by atoms with Crippen LogP contribution in [-0.2, 0) is 9.53 Å². The van der Waals surface area contributed by atoms with E-state index in [0.29, 0.717) is 5.57 Å². The van der Waals surface area contributed by atoms with E-state index in [1.54, 1.807) is 0 Å². The molecule has 1 N–H and O–H groups in total. The maximum absolute atomic E-state index is 11.8. The summed E-state index contributed by atoms with van der Waals surface area (Å²) in [6, 6.07) is 17.4. The molecule has 0 aliphatic rings. The highest BCUT2D eigenvalue weighted by molar-refractivity contribution is 5.90. The lowest BCUT2D eigenvalue weighted by Crippen LogP contribution is -2.19. The van der Waals surface area contributed by atoms with Crippen LogP contribution in [0.15, 0.2) is 66.7 Å². The minimum atomic E-state index is -0.412. The molecular formula is C18H19NO2. The number of carbonyl (C=O) groups excluding carboxylic acids is 1. The fourth-order valence-electron chi connectivity index (χ4n) is 2.16. The molecule has 0 saturated carbocycles. The standard InChI is InChI=1S/C18H19NO2/c1-13-9-7-8-12-16(13)19-17(14(2)18(20)21-3)15-10-5-4-6-11-15/h4-12,17,19H,2H2,1,3H3. The minimum Gasteiger partial charge on any atom is -0.466 e. The Morgan fingerprint density at radius 2 is 1.71 bits per heavy atom. The number of para-hydroxylation sites is 1. The smallest absolute Gasteiger partial charge is 0.335 e. The molecule has 108 valence electrons. The van der Waals surface area contributed by atoms with Gasteiger partial charge in [-0.2, -0.15) is 0 Å². The highest BCUT2D eigenvalue weighted by atomic mass is 16.5. The first-order valence-electron chi connectivity index (χ1n) is 6.77. The van der Waals surface area contributed by atoms with E-state index in [-0.39, 0.29) is 6.04 Å². The van der Waals surface area contributed by atoms with Gasteiger partial charge in [0.25, 0.3) is 0 Å². The molecule has 0 aliphatic heterocycles. The summed E-state index contributed by atoms with van der Waals surface area (Å²) in [6.45, 7) is 5.91. The molecule has 0 heterocycles. The number of anilines is 1. The van der Waals surface area contributed by atoms with Crippen molar-refractivity contribution < 1.29 is 9.53 Å². The summed E-state index contributed by atoms with van der Waals surface area (Å²) in [5, 5.41) is 3.38. The third-order valence-corrected chi connectivity index (χ3v) is 3.37. The van der Waals surface area contributed by atoms with Crippen LogP contribution in [0.2, 0.25) is 0 Å². The van der Waals surface area contributed by atoms with E-state index in [4.69, 9.17) is 4.74 Å². The molecule has 0 radical (unpaired) electrons. The lowest BCUT2D eigenvalue weighted by molar-refractivity contribution is -0.136. The summed E-state index contributed by atoms with van der Waals surface area (Å²) in [5.41, 5.74) is 3.43. The zero-order valence-corrected chi connectivity index (χ0v) is 12.3. The summed E-state index contributed by atoms with van der Waals surface area (Å²) in [5.74, 6) is -0.412. The molecule has 0 fully saturated rings. The molecule has 0 aliphatic carbocycles. The van der Waals surface area contributed by atoms with E-state index in [1.807, 2.05) is 61.5 Å². The maximum Gasteiger partial charge on any atom is 0.335 e. The van der Waals surface area contributed by atoms with Crippen LogP contribution in [0.25, 0.3) is 0 Å². The first kappa shape index (κ1) is 14.9. The van der Waals surface area contributed by atoms with E-state index in [1.165, 1.54) is 7.11 Å². The molecule has 2 aromatic carbocycles. The summed E-state index contributed by atoms with van der Waals surface area (Å²) in [6.07, 6.45) is 0. The lowest BCUT2D eigenvalue weighted by Gasteiger charge is -2.22. The zero-order valence-electron chi connectivity index (χ0n) is 12.3. The highest BCUT2D eigenvalue weighted by Gasteiger charge is 2.21. The molecule has 1 unspecified atom stereocenters. The Hall–Kier alpha value is -2.55. The van der Waals surface area contributed by atoms with Crippen LogP contribution < -0.4 is 5.32 Å². The van der Waals surface area contributed by atoms with Crippen molar-refractivity contribution in [2.75, 3.05) is 12.4 Å². The molecule has 2 aromatic rings. The Morgan fingerprint density at radius 1 is 1.10 bits per heavy atom.